The molecule has 2 rings (SSSR count). The fraction of sp³-hybridized carbons (Fsp3) is 0. The maximum absolute atomic E-state index is 13.8. The molecule has 0 amide bonds. The quantitative estimate of drug-likeness (QED) is 0.502. The van der Waals surface area contributed by atoms with Gasteiger partial charge in [-0.1, -0.05) is 0 Å². The fourth-order valence-electron chi connectivity index (χ4n) is 1.48. The molecule has 0 saturated carbocycles. The number of nitro groups is 1. The zero-order chi connectivity index (χ0) is 15.6. The summed E-state index contributed by atoms with van der Waals surface area (Å²) in [5.74, 6) is -1.21. The van der Waals surface area contributed by atoms with Crippen LogP contribution in [0.15, 0.2) is 46.0 Å². The Bertz CT molecular complexity index is 813. The van der Waals surface area contributed by atoms with Crippen LogP contribution < -0.4 is 4.72 Å². The van der Waals surface area contributed by atoms with Gasteiger partial charge in [-0.15, -0.1) is 0 Å². The maximum atomic E-state index is 13.8. The van der Waals surface area contributed by atoms with Crippen LogP contribution in [0.4, 0.5) is 15.8 Å². The van der Waals surface area contributed by atoms with Gasteiger partial charge in [0, 0.05) is 12.3 Å². The van der Waals surface area contributed by atoms with Gasteiger partial charge in [0.15, 0.2) is 5.82 Å². The number of nitro benzene ring substituents is 1. The fourth-order valence-corrected chi connectivity index (χ4v) is 3.09. The number of nitrogens with one attached hydrogen (secondary N) is 1. The summed E-state index contributed by atoms with van der Waals surface area (Å²) in [6.07, 6.45) is 1.44. The van der Waals surface area contributed by atoms with Crippen LogP contribution >= 0.6 is 15.9 Å². The van der Waals surface area contributed by atoms with Gasteiger partial charge in [-0.3, -0.25) is 14.8 Å². The Morgan fingerprint density at radius 3 is 2.62 bits per heavy atom. The van der Waals surface area contributed by atoms with E-state index in [9.17, 15) is 22.9 Å². The lowest BCUT2D eigenvalue weighted by molar-refractivity contribution is -0.385. The van der Waals surface area contributed by atoms with E-state index in [1.807, 2.05) is 0 Å². The Morgan fingerprint density at radius 1 is 1.33 bits per heavy atom. The van der Waals surface area contributed by atoms with Gasteiger partial charge in [-0.05, 0) is 34.1 Å². The number of anilines is 1. The first-order valence-electron chi connectivity index (χ1n) is 5.38. The maximum Gasteiger partial charge on any atom is 0.272 e. The smallest absolute Gasteiger partial charge is 0.272 e. The van der Waals surface area contributed by atoms with Crippen molar-refractivity contribution >= 4 is 37.3 Å². The molecule has 0 atom stereocenters. The lowest BCUT2D eigenvalue weighted by Gasteiger charge is -2.09. The molecular weight excluding hydrogens is 369 g/mol. The molecule has 7 nitrogen and oxygen atoms in total. The molecule has 0 fully saturated rings. The summed E-state index contributed by atoms with van der Waals surface area (Å²) in [7, 11) is -4.23. The molecule has 0 radical (unpaired) electrons. The van der Waals surface area contributed by atoms with E-state index < -0.39 is 31.3 Å². The lowest BCUT2D eigenvalue weighted by atomic mass is 10.3. The van der Waals surface area contributed by atoms with Crippen molar-refractivity contribution < 1.29 is 17.7 Å². The largest absolute Gasteiger partial charge is 0.277 e. The molecule has 21 heavy (non-hydrogen) atoms. The highest BCUT2D eigenvalue weighted by atomic mass is 79.9. The minimum Gasteiger partial charge on any atom is -0.277 e. The summed E-state index contributed by atoms with van der Waals surface area (Å²) in [6.45, 7) is 0. The zero-order valence-electron chi connectivity index (χ0n) is 10.2. The van der Waals surface area contributed by atoms with E-state index in [1.54, 1.807) is 0 Å². The average molecular weight is 376 g/mol. The third kappa shape index (κ3) is 3.34. The lowest BCUT2D eigenvalue weighted by Crippen LogP contribution is -2.15. The van der Waals surface area contributed by atoms with Gasteiger partial charge in [0.2, 0.25) is 0 Å². The molecule has 0 aliphatic heterocycles. The SMILES string of the molecule is O=[N+]([O-])c1ccc(S(=O)(=O)Nc2cccnc2Br)c(F)c1. The standard InChI is InChI=1S/C11H7BrFN3O4S/c12-11-9(2-1-5-14-11)15-21(19,20)10-4-3-7(16(17)18)6-8(10)13/h1-6,15H. The van der Waals surface area contributed by atoms with Crippen LogP contribution in [0.25, 0.3) is 0 Å². The third-order valence-electron chi connectivity index (χ3n) is 2.42. The van der Waals surface area contributed by atoms with Crippen LogP contribution in [0.2, 0.25) is 0 Å². The first-order chi connectivity index (χ1) is 9.81. The van der Waals surface area contributed by atoms with Gasteiger partial charge < -0.3 is 0 Å². The minimum absolute atomic E-state index is 0.121. The number of hydrogen-bond acceptors (Lipinski definition) is 5. The Kier molecular flexibility index (Phi) is 4.19. The van der Waals surface area contributed by atoms with Crippen LogP contribution in [-0.2, 0) is 10.0 Å². The molecule has 1 aromatic carbocycles. The molecule has 1 aromatic heterocycles. The van der Waals surface area contributed by atoms with E-state index in [0.717, 1.165) is 12.1 Å². The van der Waals surface area contributed by atoms with Crippen LogP contribution in [0.3, 0.4) is 0 Å². The van der Waals surface area contributed by atoms with Crippen LogP contribution in [0.1, 0.15) is 0 Å². The first kappa shape index (κ1) is 15.3. The van der Waals surface area contributed by atoms with Crippen molar-refractivity contribution in [3.8, 4) is 0 Å². The Labute approximate surface area is 127 Å². The van der Waals surface area contributed by atoms with E-state index in [4.69, 9.17) is 0 Å². The number of rotatable bonds is 4. The number of sulfonamides is 1. The van der Waals surface area contributed by atoms with Gasteiger partial charge >= 0.3 is 0 Å². The third-order valence-corrected chi connectivity index (χ3v) is 4.45. The number of benzene rings is 1. The first-order valence-corrected chi connectivity index (χ1v) is 7.66. The molecule has 0 bridgehead atoms. The predicted molar refractivity (Wildman–Crippen MR) is 75.8 cm³/mol. The van der Waals surface area contributed by atoms with Gasteiger partial charge in [0.05, 0.1) is 16.7 Å². The molecule has 0 unspecified atom stereocenters. The summed E-state index contributed by atoms with van der Waals surface area (Å²) in [5, 5.41) is 10.5. The summed E-state index contributed by atoms with van der Waals surface area (Å²) in [5.41, 5.74) is -0.413. The van der Waals surface area contributed by atoms with Crippen molar-refractivity contribution in [2.75, 3.05) is 4.72 Å². The molecule has 0 spiro atoms. The number of pyridine rings is 1. The summed E-state index contributed by atoms with van der Waals surface area (Å²) in [4.78, 5) is 12.8. The molecular formula is C11H7BrFN3O4S. The van der Waals surface area contributed by atoms with Crippen molar-refractivity contribution in [1.82, 2.24) is 4.98 Å². The topological polar surface area (TPSA) is 102 Å². The van der Waals surface area contributed by atoms with Crippen LogP contribution in [0, 0.1) is 15.9 Å². The molecule has 1 heterocycles. The number of aromatic nitrogens is 1. The van der Waals surface area contributed by atoms with E-state index in [1.165, 1.54) is 18.3 Å². The number of hydrogen-bond donors (Lipinski definition) is 1. The van der Waals surface area contributed by atoms with Crippen LogP contribution in [0.5, 0.6) is 0 Å². The summed E-state index contributed by atoms with van der Waals surface area (Å²) < 4.78 is 40.3. The van der Waals surface area contributed by atoms with E-state index >= 15 is 0 Å². The van der Waals surface area contributed by atoms with Crippen molar-refractivity contribution in [2.45, 2.75) is 4.90 Å². The van der Waals surface area contributed by atoms with Gasteiger partial charge in [0.25, 0.3) is 15.7 Å². The zero-order valence-corrected chi connectivity index (χ0v) is 12.6. The highest BCUT2D eigenvalue weighted by molar-refractivity contribution is 9.10. The summed E-state index contributed by atoms with van der Waals surface area (Å²) >= 11 is 3.05. The monoisotopic (exact) mass is 375 g/mol. The van der Waals surface area contributed by atoms with Crippen molar-refractivity contribution in [3.05, 3.63) is 57.1 Å². The second-order valence-corrected chi connectivity index (χ2v) is 6.22. The predicted octanol–water partition coefficient (Wildman–Crippen LogP) is 2.69. The van der Waals surface area contributed by atoms with Crippen molar-refractivity contribution in [1.29, 1.82) is 0 Å². The van der Waals surface area contributed by atoms with E-state index in [2.05, 4.69) is 25.6 Å². The molecule has 0 aliphatic carbocycles. The second kappa shape index (κ2) is 5.74. The second-order valence-electron chi connectivity index (χ2n) is 3.82. The normalized spacial score (nSPS) is 11.1. The van der Waals surface area contributed by atoms with Gasteiger partial charge in [-0.2, -0.15) is 0 Å². The molecule has 110 valence electrons. The van der Waals surface area contributed by atoms with Crippen molar-refractivity contribution in [2.24, 2.45) is 0 Å². The molecule has 0 saturated heterocycles. The number of nitrogens with zero attached hydrogens (tertiary/aromatic N) is 2. The van der Waals surface area contributed by atoms with E-state index in [-0.39, 0.29) is 10.3 Å². The molecule has 10 heteroatoms. The van der Waals surface area contributed by atoms with Crippen LogP contribution in [-0.4, -0.2) is 18.3 Å². The molecule has 0 aliphatic rings. The van der Waals surface area contributed by atoms with E-state index in [0.29, 0.717) is 6.07 Å². The van der Waals surface area contributed by atoms with Crippen molar-refractivity contribution in [3.63, 3.8) is 0 Å². The average Bonchev–Trinajstić information content (AvgIpc) is 2.40. The molecule has 2 aromatic rings. The van der Waals surface area contributed by atoms with Gasteiger partial charge in [-0.25, -0.2) is 17.8 Å². The molecule has 1 N–H and O–H groups in total. The van der Waals surface area contributed by atoms with Gasteiger partial charge in [0.1, 0.15) is 9.50 Å². The number of halogens is 2. The Morgan fingerprint density at radius 2 is 2.05 bits per heavy atom. The highest BCUT2D eigenvalue weighted by Crippen LogP contribution is 2.25. The Hall–Kier alpha value is -2.07. The Balaban J connectivity index is 2.41. The highest BCUT2D eigenvalue weighted by Gasteiger charge is 2.22. The number of non-ortho nitro benzene ring substituents is 1. The minimum atomic E-state index is -4.23. The summed E-state index contributed by atoms with van der Waals surface area (Å²) in [6, 6.07) is 5.22.